The number of hydrogen-bond acceptors (Lipinski definition) is 8. The molecule has 0 aliphatic carbocycles. The second-order valence-corrected chi connectivity index (χ2v) is 11.4. The molecule has 0 N–H and O–H groups in total. The average molecular weight is 519 g/mol. The number of aromatic nitrogens is 4. The van der Waals surface area contributed by atoms with Gasteiger partial charge in [0.15, 0.2) is 12.1 Å². The fourth-order valence-corrected chi connectivity index (χ4v) is 6.39. The number of nitrogens with zero attached hydrogens (tertiary/aromatic N) is 6. The Bertz CT molecular complexity index is 1290. The van der Waals surface area contributed by atoms with Gasteiger partial charge in [0.1, 0.15) is 11.6 Å². The molecule has 1 aromatic carbocycles. The maximum Gasteiger partial charge on any atom is 0.159 e. The zero-order chi connectivity index (χ0) is 25.6. The highest BCUT2D eigenvalue weighted by molar-refractivity contribution is 5.82. The molecule has 7 rings (SSSR count). The van der Waals surface area contributed by atoms with Crippen LogP contribution in [0.3, 0.4) is 0 Å². The highest BCUT2D eigenvalue weighted by Gasteiger charge is 2.33. The van der Waals surface area contributed by atoms with Gasteiger partial charge in [-0.3, -0.25) is 4.90 Å². The zero-order valence-corrected chi connectivity index (χ0v) is 22.5. The van der Waals surface area contributed by atoms with Gasteiger partial charge in [0.2, 0.25) is 0 Å². The number of likely N-dealkylation sites (tertiary alicyclic amines) is 1. The van der Waals surface area contributed by atoms with Crippen molar-refractivity contribution in [2.24, 2.45) is 0 Å². The molecule has 4 fully saturated rings. The molecule has 1 unspecified atom stereocenters. The number of anilines is 1. The molecule has 3 aromatic rings. The summed E-state index contributed by atoms with van der Waals surface area (Å²) >= 11 is 0. The van der Waals surface area contributed by atoms with E-state index in [0.29, 0.717) is 12.0 Å². The second kappa shape index (κ2) is 10.2. The predicted octanol–water partition coefficient (Wildman–Crippen LogP) is 3.74. The molecule has 0 bridgehead atoms. The molecule has 6 heterocycles. The lowest BCUT2D eigenvalue weighted by Crippen LogP contribution is -2.54. The maximum absolute atomic E-state index is 6.15. The molecular formula is C29H38N6O3. The first-order chi connectivity index (χ1) is 18.6. The minimum atomic E-state index is -0.0499. The highest BCUT2D eigenvalue weighted by Crippen LogP contribution is 2.35. The average Bonchev–Trinajstić information content (AvgIpc) is 3.28. The van der Waals surface area contributed by atoms with E-state index in [1.165, 1.54) is 30.4 Å². The maximum atomic E-state index is 6.15. The monoisotopic (exact) mass is 518 g/mol. The molecule has 0 amide bonds. The summed E-state index contributed by atoms with van der Waals surface area (Å²) in [5.74, 6) is 3.08. The van der Waals surface area contributed by atoms with Gasteiger partial charge in [-0.2, -0.15) is 5.10 Å². The summed E-state index contributed by atoms with van der Waals surface area (Å²) in [7, 11) is 0. The highest BCUT2D eigenvalue weighted by atomic mass is 16.7. The van der Waals surface area contributed by atoms with Gasteiger partial charge in [-0.1, -0.05) is 0 Å². The van der Waals surface area contributed by atoms with Crippen molar-refractivity contribution in [3.8, 4) is 5.82 Å². The molecule has 9 heteroatoms. The summed E-state index contributed by atoms with van der Waals surface area (Å²) < 4.78 is 19.3. The third-order valence-corrected chi connectivity index (χ3v) is 8.74. The van der Waals surface area contributed by atoms with Crippen molar-refractivity contribution in [3.05, 3.63) is 41.3 Å². The van der Waals surface area contributed by atoms with Crippen molar-refractivity contribution in [2.75, 3.05) is 50.9 Å². The van der Waals surface area contributed by atoms with Crippen LogP contribution in [0.25, 0.3) is 16.7 Å². The molecule has 2 aromatic heterocycles. The summed E-state index contributed by atoms with van der Waals surface area (Å²) in [6.45, 7) is 10.8. The Hall–Kier alpha value is -2.59. The number of ether oxygens (including phenoxy) is 3. The van der Waals surface area contributed by atoms with Crippen molar-refractivity contribution >= 4 is 16.7 Å². The molecule has 4 saturated heterocycles. The Morgan fingerprint density at radius 2 is 1.76 bits per heavy atom. The van der Waals surface area contributed by atoms with Crippen LogP contribution >= 0.6 is 0 Å². The number of benzene rings is 1. The van der Waals surface area contributed by atoms with E-state index in [2.05, 4.69) is 34.9 Å². The lowest BCUT2D eigenvalue weighted by molar-refractivity contribution is -0.191. The summed E-state index contributed by atoms with van der Waals surface area (Å²) in [5, 5.41) is 5.92. The van der Waals surface area contributed by atoms with Crippen LogP contribution < -0.4 is 4.90 Å². The first kappa shape index (κ1) is 24.5. The molecule has 202 valence electrons. The predicted molar refractivity (Wildman–Crippen MR) is 145 cm³/mol. The molecular weight excluding hydrogens is 480 g/mol. The molecule has 4 aliphatic heterocycles. The molecule has 1 atom stereocenters. The summed E-state index contributed by atoms with van der Waals surface area (Å²) in [6, 6.07) is 7.34. The van der Waals surface area contributed by atoms with Crippen LogP contribution in [0, 0.1) is 13.8 Å². The first-order valence-electron chi connectivity index (χ1n) is 14.3. The Kier molecular flexibility index (Phi) is 6.55. The van der Waals surface area contributed by atoms with E-state index in [-0.39, 0.29) is 12.4 Å². The minimum absolute atomic E-state index is 0.0499. The summed E-state index contributed by atoms with van der Waals surface area (Å²) in [5.41, 5.74) is 3.92. The summed E-state index contributed by atoms with van der Waals surface area (Å²) in [6.07, 6.45) is 7.80. The number of aryl methyl sites for hydroxylation is 2. The SMILES string of the molecule is Cc1nc(N2CC(OC3CCCCO3)C2)cc(-n2ncc3cc(C)c(C4CCN(C5COC5)CC4)cc32)n1. The van der Waals surface area contributed by atoms with E-state index < -0.39 is 0 Å². The van der Waals surface area contributed by atoms with Crippen molar-refractivity contribution in [3.63, 3.8) is 0 Å². The zero-order valence-electron chi connectivity index (χ0n) is 22.5. The van der Waals surface area contributed by atoms with Gasteiger partial charge >= 0.3 is 0 Å². The van der Waals surface area contributed by atoms with Crippen LogP contribution in [0.1, 0.15) is 55.0 Å². The van der Waals surface area contributed by atoms with Gasteiger partial charge in [-0.15, -0.1) is 0 Å². The number of fused-ring (bicyclic) bond motifs is 1. The third-order valence-electron chi connectivity index (χ3n) is 8.74. The molecule has 0 spiro atoms. The second-order valence-electron chi connectivity index (χ2n) is 11.4. The van der Waals surface area contributed by atoms with Crippen molar-refractivity contribution in [1.29, 1.82) is 0 Å². The normalized spacial score (nSPS) is 24.1. The fourth-order valence-electron chi connectivity index (χ4n) is 6.39. The van der Waals surface area contributed by atoms with Crippen LogP contribution in [0.15, 0.2) is 24.4 Å². The Labute approximate surface area is 224 Å². The van der Waals surface area contributed by atoms with E-state index >= 15 is 0 Å². The molecule has 4 aliphatic rings. The standard InChI is InChI=1S/C29H38N6O3/c1-19-11-22-14-30-35(26(22)12-25(19)21-6-8-33(9-7-21)23-17-36-18-23)28-13-27(31-20(2)32-28)34-15-24(16-34)38-29-5-3-4-10-37-29/h11-14,21,23-24,29H,3-10,15-18H2,1-2H3. The van der Waals surface area contributed by atoms with Crippen LogP contribution in [0.5, 0.6) is 0 Å². The number of rotatable bonds is 6. The topological polar surface area (TPSA) is 77.8 Å². The number of hydrogen-bond donors (Lipinski definition) is 0. The quantitative estimate of drug-likeness (QED) is 0.489. The Morgan fingerprint density at radius 1 is 0.947 bits per heavy atom. The number of piperidine rings is 1. The summed E-state index contributed by atoms with van der Waals surface area (Å²) in [4.78, 5) is 14.4. The van der Waals surface area contributed by atoms with E-state index in [4.69, 9.17) is 29.3 Å². The molecule has 9 nitrogen and oxygen atoms in total. The third kappa shape index (κ3) is 4.70. The van der Waals surface area contributed by atoms with Gasteiger partial charge in [0.05, 0.1) is 37.1 Å². The van der Waals surface area contributed by atoms with Gasteiger partial charge in [0.25, 0.3) is 0 Å². The van der Waals surface area contributed by atoms with Crippen LogP contribution in [-0.4, -0.2) is 89.1 Å². The molecule has 0 saturated carbocycles. The van der Waals surface area contributed by atoms with Crippen molar-refractivity contribution in [1.82, 2.24) is 24.6 Å². The fraction of sp³-hybridized carbons (Fsp3) is 0.621. The van der Waals surface area contributed by atoms with Crippen molar-refractivity contribution < 1.29 is 14.2 Å². The van der Waals surface area contributed by atoms with Crippen LogP contribution in [0.2, 0.25) is 0 Å². The van der Waals surface area contributed by atoms with Crippen LogP contribution in [0.4, 0.5) is 5.82 Å². The lowest BCUT2D eigenvalue weighted by Gasteiger charge is -2.41. The van der Waals surface area contributed by atoms with Gasteiger partial charge in [0, 0.05) is 31.1 Å². The van der Waals surface area contributed by atoms with Gasteiger partial charge in [-0.05, 0) is 88.2 Å². The minimum Gasteiger partial charge on any atom is -0.378 e. The Balaban J connectivity index is 1.09. The van der Waals surface area contributed by atoms with Crippen molar-refractivity contribution in [2.45, 2.75) is 70.3 Å². The molecule has 0 radical (unpaired) electrons. The first-order valence-corrected chi connectivity index (χ1v) is 14.3. The smallest absolute Gasteiger partial charge is 0.159 e. The van der Waals surface area contributed by atoms with E-state index in [1.807, 2.05) is 17.8 Å². The van der Waals surface area contributed by atoms with E-state index in [9.17, 15) is 0 Å². The Morgan fingerprint density at radius 3 is 2.50 bits per heavy atom. The largest absolute Gasteiger partial charge is 0.378 e. The van der Waals surface area contributed by atoms with Gasteiger partial charge in [-0.25, -0.2) is 14.6 Å². The van der Waals surface area contributed by atoms with E-state index in [0.717, 1.165) is 87.2 Å². The lowest BCUT2D eigenvalue weighted by atomic mass is 9.85. The van der Waals surface area contributed by atoms with Gasteiger partial charge < -0.3 is 19.1 Å². The van der Waals surface area contributed by atoms with Crippen LogP contribution in [-0.2, 0) is 14.2 Å². The van der Waals surface area contributed by atoms with E-state index in [1.54, 1.807) is 0 Å². The molecule has 38 heavy (non-hydrogen) atoms.